The summed E-state index contributed by atoms with van der Waals surface area (Å²) >= 11 is 0. The highest BCUT2D eigenvalue weighted by Crippen LogP contribution is 2.25. The molecular weight excluding hydrogens is 376 g/mol. The van der Waals surface area contributed by atoms with Crippen molar-refractivity contribution in [2.24, 2.45) is 0 Å². The number of carbonyl (C=O) groups is 1. The molecule has 1 aliphatic heterocycles. The minimum absolute atomic E-state index is 0.0679. The Balaban J connectivity index is 1.69. The predicted octanol–water partition coefficient (Wildman–Crippen LogP) is 2.92. The molecule has 2 atom stereocenters. The van der Waals surface area contributed by atoms with Gasteiger partial charge in [-0.25, -0.2) is 4.98 Å². The molecule has 160 valence electrons. The van der Waals surface area contributed by atoms with Gasteiger partial charge in [0.25, 0.3) is 5.91 Å². The second kappa shape index (κ2) is 10.9. The van der Waals surface area contributed by atoms with Crippen molar-refractivity contribution < 1.29 is 9.53 Å². The van der Waals surface area contributed by atoms with E-state index < -0.39 is 0 Å². The molecule has 0 bridgehead atoms. The van der Waals surface area contributed by atoms with E-state index in [0.717, 1.165) is 61.6 Å². The largest absolute Gasteiger partial charge is 0.385 e. The van der Waals surface area contributed by atoms with Crippen LogP contribution in [-0.4, -0.2) is 50.3 Å². The van der Waals surface area contributed by atoms with Gasteiger partial charge < -0.3 is 20.7 Å². The van der Waals surface area contributed by atoms with Crippen molar-refractivity contribution in [3.8, 4) is 0 Å². The molecule has 3 N–H and O–H groups in total. The molecule has 2 aromatic rings. The molecule has 1 saturated heterocycles. The highest BCUT2D eigenvalue weighted by Gasteiger charge is 2.16. The number of morpholine rings is 1. The molecule has 1 aromatic carbocycles. The normalized spacial score (nSPS) is 17.2. The number of carbonyl (C=O) groups excluding carboxylic acids is 1. The molecule has 0 unspecified atom stereocenters. The first-order valence-corrected chi connectivity index (χ1v) is 10.6. The molecule has 6 heteroatoms. The van der Waals surface area contributed by atoms with E-state index in [1.165, 1.54) is 0 Å². The van der Waals surface area contributed by atoms with Gasteiger partial charge in [0.1, 0.15) is 5.69 Å². The van der Waals surface area contributed by atoms with Gasteiger partial charge in [-0.05, 0) is 30.5 Å². The molecule has 0 aliphatic carbocycles. The maximum atomic E-state index is 12.3. The van der Waals surface area contributed by atoms with Crippen LogP contribution in [0.15, 0.2) is 49.0 Å². The van der Waals surface area contributed by atoms with Gasteiger partial charge in [0, 0.05) is 49.6 Å². The maximum Gasteiger partial charge on any atom is 0.269 e. The summed E-state index contributed by atoms with van der Waals surface area (Å²) in [6.07, 6.45) is 2.28. The van der Waals surface area contributed by atoms with Gasteiger partial charge in [0.2, 0.25) is 0 Å². The summed E-state index contributed by atoms with van der Waals surface area (Å²) in [5.74, 6) is -0.133. The average Bonchev–Trinajstić information content (AvgIpc) is 2.81. The lowest BCUT2D eigenvalue weighted by Gasteiger charge is -2.23. The van der Waals surface area contributed by atoms with E-state index in [-0.39, 0.29) is 17.9 Å². The topological polar surface area (TPSA) is 75.3 Å². The number of hydrogen-bond donors (Lipinski definition) is 3. The summed E-state index contributed by atoms with van der Waals surface area (Å²) in [5, 5.41) is 9.42. The Morgan fingerprint density at radius 2 is 2.13 bits per heavy atom. The number of hydrogen-bond acceptors (Lipinski definition) is 5. The van der Waals surface area contributed by atoms with Crippen LogP contribution in [0.1, 0.15) is 53.0 Å². The lowest BCUT2D eigenvalue weighted by molar-refractivity contribution is 0.0226. The van der Waals surface area contributed by atoms with Gasteiger partial charge in [-0.2, -0.15) is 0 Å². The molecule has 30 heavy (non-hydrogen) atoms. The summed E-state index contributed by atoms with van der Waals surface area (Å²) in [4.78, 5) is 16.9. The number of aromatic nitrogens is 1. The molecule has 6 nitrogen and oxygen atoms in total. The molecule has 0 saturated carbocycles. The Labute approximate surface area is 179 Å². The standard InChI is InChI=1S/C24H32N4O2/c1-17(19-8-5-4-6-9-19)22-14-20(15-23(28-22)24(29)25-3)18(2)27-11-7-10-21-16-26-12-13-30-21/h4-6,8-9,14-15,17,21,26-27H,2,7,10-13,16H2,1,3H3,(H,25,29)/t17-,21-/m0/s1. The van der Waals surface area contributed by atoms with E-state index in [0.29, 0.717) is 5.69 Å². The van der Waals surface area contributed by atoms with E-state index in [1.54, 1.807) is 13.1 Å². The first kappa shape index (κ1) is 22.0. The van der Waals surface area contributed by atoms with Gasteiger partial charge in [-0.15, -0.1) is 0 Å². The summed E-state index contributed by atoms with van der Waals surface area (Å²) in [6.45, 7) is 9.74. The van der Waals surface area contributed by atoms with Crippen LogP contribution in [0.4, 0.5) is 0 Å². The van der Waals surface area contributed by atoms with Gasteiger partial charge in [0.15, 0.2) is 0 Å². The summed E-state index contributed by atoms with van der Waals surface area (Å²) in [5.41, 5.74) is 4.09. The van der Waals surface area contributed by atoms with Gasteiger partial charge in [0.05, 0.1) is 12.7 Å². The third-order valence-electron chi connectivity index (χ3n) is 5.44. The van der Waals surface area contributed by atoms with E-state index in [9.17, 15) is 4.79 Å². The third-order valence-corrected chi connectivity index (χ3v) is 5.44. The smallest absolute Gasteiger partial charge is 0.269 e. The Morgan fingerprint density at radius 3 is 2.83 bits per heavy atom. The highest BCUT2D eigenvalue weighted by atomic mass is 16.5. The van der Waals surface area contributed by atoms with E-state index in [2.05, 4.69) is 46.6 Å². The van der Waals surface area contributed by atoms with Crippen molar-refractivity contribution >= 4 is 11.6 Å². The predicted molar refractivity (Wildman–Crippen MR) is 120 cm³/mol. The van der Waals surface area contributed by atoms with Crippen LogP contribution >= 0.6 is 0 Å². The van der Waals surface area contributed by atoms with Crippen LogP contribution in [-0.2, 0) is 4.74 Å². The quantitative estimate of drug-likeness (QED) is 0.556. The van der Waals surface area contributed by atoms with Crippen LogP contribution in [0, 0.1) is 0 Å². The summed E-state index contributed by atoms with van der Waals surface area (Å²) in [7, 11) is 1.62. The van der Waals surface area contributed by atoms with Crippen molar-refractivity contribution in [1.82, 2.24) is 20.9 Å². The number of ether oxygens (including phenoxy) is 1. The first-order chi connectivity index (χ1) is 14.6. The second-order valence-corrected chi connectivity index (χ2v) is 7.62. The van der Waals surface area contributed by atoms with Crippen molar-refractivity contribution in [1.29, 1.82) is 0 Å². The lowest BCUT2D eigenvalue weighted by atomic mass is 9.95. The Hall–Kier alpha value is -2.70. The van der Waals surface area contributed by atoms with Crippen molar-refractivity contribution in [3.05, 3.63) is 71.6 Å². The minimum atomic E-state index is -0.201. The molecular formula is C24H32N4O2. The lowest BCUT2D eigenvalue weighted by Crippen LogP contribution is -2.38. The molecule has 1 aliphatic rings. The summed E-state index contributed by atoms with van der Waals surface area (Å²) < 4.78 is 5.74. The number of nitrogens with zero attached hydrogens (tertiary/aromatic N) is 1. The van der Waals surface area contributed by atoms with Gasteiger partial charge in [-0.1, -0.05) is 43.8 Å². The molecule has 0 radical (unpaired) electrons. The summed E-state index contributed by atoms with van der Waals surface area (Å²) in [6, 6.07) is 14.0. The van der Waals surface area contributed by atoms with Gasteiger partial charge >= 0.3 is 0 Å². The monoisotopic (exact) mass is 408 g/mol. The highest BCUT2D eigenvalue weighted by molar-refractivity contribution is 5.93. The van der Waals surface area contributed by atoms with Crippen LogP contribution in [0.25, 0.3) is 5.70 Å². The fraction of sp³-hybridized carbons (Fsp3) is 0.417. The zero-order valence-electron chi connectivity index (χ0n) is 17.9. The number of nitrogens with one attached hydrogen (secondary N) is 3. The first-order valence-electron chi connectivity index (χ1n) is 10.6. The Kier molecular flexibility index (Phi) is 7.99. The number of rotatable bonds is 9. The van der Waals surface area contributed by atoms with E-state index in [4.69, 9.17) is 4.74 Å². The number of benzene rings is 1. The minimum Gasteiger partial charge on any atom is -0.385 e. The number of pyridine rings is 1. The molecule has 3 rings (SSSR count). The Morgan fingerprint density at radius 1 is 1.33 bits per heavy atom. The second-order valence-electron chi connectivity index (χ2n) is 7.62. The number of amides is 1. The maximum absolute atomic E-state index is 12.3. The van der Waals surface area contributed by atoms with Crippen molar-refractivity contribution in [2.75, 3.05) is 33.3 Å². The fourth-order valence-corrected chi connectivity index (χ4v) is 3.58. The molecule has 1 fully saturated rings. The zero-order chi connectivity index (χ0) is 21.3. The van der Waals surface area contributed by atoms with Gasteiger partial charge in [-0.3, -0.25) is 4.79 Å². The average molecular weight is 409 g/mol. The van der Waals surface area contributed by atoms with E-state index >= 15 is 0 Å². The Bertz CT molecular complexity index is 848. The molecule has 0 spiro atoms. The zero-order valence-corrected chi connectivity index (χ0v) is 17.9. The molecule has 1 aromatic heterocycles. The molecule has 1 amide bonds. The van der Waals surface area contributed by atoms with Crippen molar-refractivity contribution in [2.45, 2.75) is 31.8 Å². The molecule has 2 heterocycles. The van der Waals surface area contributed by atoms with E-state index in [1.807, 2.05) is 24.3 Å². The van der Waals surface area contributed by atoms with Crippen LogP contribution in [0.2, 0.25) is 0 Å². The van der Waals surface area contributed by atoms with Crippen molar-refractivity contribution in [3.63, 3.8) is 0 Å². The van der Waals surface area contributed by atoms with Crippen LogP contribution < -0.4 is 16.0 Å². The van der Waals surface area contributed by atoms with Crippen LogP contribution in [0.5, 0.6) is 0 Å². The third kappa shape index (κ3) is 5.90. The SMILES string of the molecule is C=C(NCCC[C@H]1CNCCO1)c1cc(C(=O)NC)nc([C@@H](C)c2ccccc2)c1. The van der Waals surface area contributed by atoms with Crippen LogP contribution in [0.3, 0.4) is 0 Å². The fourth-order valence-electron chi connectivity index (χ4n) is 3.58.